The maximum Gasteiger partial charge on any atom is 0.410 e. The lowest BCUT2D eigenvalue weighted by Gasteiger charge is -2.31. The van der Waals surface area contributed by atoms with Gasteiger partial charge in [-0.3, -0.25) is 0 Å². The van der Waals surface area contributed by atoms with Gasteiger partial charge in [0.1, 0.15) is 5.60 Å². The van der Waals surface area contributed by atoms with Crippen molar-refractivity contribution in [2.24, 2.45) is 5.73 Å². The van der Waals surface area contributed by atoms with E-state index in [1.165, 1.54) is 0 Å². The molecule has 2 N–H and O–H groups in total. The second-order valence-corrected chi connectivity index (χ2v) is 5.46. The van der Waals surface area contributed by atoms with E-state index < -0.39 is 5.60 Å². The Balaban J connectivity index is 2.61. The predicted molar refractivity (Wildman–Crippen MR) is 64.2 cm³/mol. The van der Waals surface area contributed by atoms with Gasteiger partial charge in [0.15, 0.2) is 0 Å². The third kappa shape index (κ3) is 3.37. The number of amides is 1. The molecule has 0 unspecified atom stereocenters. The van der Waals surface area contributed by atoms with Crippen LogP contribution >= 0.6 is 0 Å². The smallest absolute Gasteiger partial charge is 0.410 e. The second kappa shape index (κ2) is 5.04. The largest absolute Gasteiger partial charge is 0.444 e. The van der Waals surface area contributed by atoms with Crippen LogP contribution < -0.4 is 5.73 Å². The third-order valence-corrected chi connectivity index (χ3v) is 2.89. The molecule has 1 saturated heterocycles. The highest BCUT2D eigenvalue weighted by Gasteiger charge is 2.34. The Labute approximate surface area is 98.1 Å². The van der Waals surface area contributed by atoms with Gasteiger partial charge in [0.05, 0.1) is 6.04 Å². The van der Waals surface area contributed by atoms with E-state index in [1.54, 1.807) is 4.90 Å². The van der Waals surface area contributed by atoms with Gasteiger partial charge in [-0.2, -0.15) is 0 Å². The number of rotatable bonds is 2. The highest BCUT2D eigenvalue weighted by molar-refractivity contribution is 5.69. The number of ether oxygens (including phenoxy) is 1. The lowest BCUT2D eigenvalue weighted by Crippen LogP contribution is -2.48. The quantitative estimate of drug-likeness (QED) is 0.787. The maximum atomic E-state index is 11.9. The van der Waals surface area contributed by atoms with Gasteiger partial charge in [0.25, 0.3) is 0 Å². The monoisotopic (exact) mass is 228 g/mol. The standard InChI is InChI=1S/C12H24N2O2/c1-5-9(13)10-7-6-8-14(10)11(15)16-12(2,3)4/h9-10H,5-8,13H2,1-4H3/t9-,10-/m0/s1. The first kappa shape index (κ1) is 13.3. The molecule has 1 amide bonds. The van der Waals surface area contributed by atoms with Crippen molar-refractivity contribution < 1.29 is 9.53 Å². The molecule has 94 valence electrons. The molecule has 0 aliphatic carbocycles. The first-order chi connectivity index (χ1) is 7.35. The summed E-state index contributed by atoms with van der Waals surface area (Å²) in [6.07, 6.45) is 2.69. The van der Waals surface area contributed by atoms with Crippen LogP contribution in [0.3, 0.4) is 0 Å². The number of carbonyl (C=O) groups is 1. The van der Waals surface area contributed by atoms with Gasteiger partial charge in [0, 0.05) is 12.6 Å². The van der Waals surface area contributed by atoms with E-state index in [0.717, 1.165) is 25.8 Å². The lowest BCUT2D eigenvalue weighted by molar-refractivity contribution is 0.0206. The van der Waals surface area contributed by atoms with Gasteiger partial charge in [-0.15, -0.1) is 0 Å². The Morgan fingerprint density at radius 1 is 1.56 bits per heavy atom. The molecular weight excluding hydrogens is 204 g/mol. The fraction of sp³-hybridized carbons (Fsp3) is 0.917. The van der Waals surface area contributed by atoms with Crippen LogP contribution in [0, 0.1) is 0 Å². The predicted octanol–water partition coefficient (Wildman–Crippen LogP) is 2.12. The van der Waals surface area contributed by atoms with Crippen molar-refractivity contribution in [3.05, 3.63) is 0 Å². The fourth-order valence-corrected chi connectivity index (χ4v) is 2.06. The second-order valence-electron chi connectivity index (χ2n) is 5.46. The summed E-state index contributed by atoms with van der Waals surface area (Å²) in [7, 11) is 0. The van der Waals surface area contributed by atoms with Crippen molar-refractivity contribution in [3.63, 3.8) is 0 Å². The van der Waals surface area contributed by atoms with E-state index in [9.17, 15) is 4.79 Å². The van der Waals surface area contributed by atoms with E-state index in [1.807, 2.05) is 20.8 Å². The van der Waals surface area contributed by atoms with Gasteiger partial charge < -0.3 is 15.4 Å². The maximum absolute atomic E-state index is 11.9. The van der Waals surface area contributed by atoms with Crippen molar-refractivity contribution in [2.75, 3.05) is 6.54 Å². The SMILES string of the molecule is CC[C@H](N)[C@@H]1CCCN1C(=O)OC(C)(C)C. The molecule has 1 fully saturated rings. The molecule has 0 spiro atoms. The van der Waals surface area contributed by atoms with Crippen LogP contribution in [0.1, 0.15) is 47.0 Å². The molecule has 1 heterocycles. The molecule has 16 heavy (non-hydrogen) atoms. The van der Waals surface area contributed by atoms with Crippen molar-refractivity contribution in [2.45, 2.75) is 64.6 Å². The zero-order valence-electron chi connectivity index (χ0n) is 10.8. The van der Waals surface area contributed by atoms with Crippen molar-refractivity contribution >= 4 is 6.09 Å². The van der Waals surface area contributed by atoms with E-state index in [2.05, 4.69) is 6.92 Å². The molecule has 4 heteroatoms. The Morgan fingerprint density at radius 2 is 2.19 bits per heavy atom. The summed E-state index contributed by atoms with van der Waals surface area (Å²) >= 11 is 0. The number of carbonyl (C=O) groups excluding carboxylic acids is 1. The molecule has 4 nitrogen and oxygen atoms in total. The van der Waals surface area contributed by atoms with Crippen LogP contribution in [0.5, 0.6) is 0 Å². The van der Waals surface area contributed by atoms with Crippen LogP contribution in [0.15, 0.2) is 0 Å². The van der Waals surface area contributed by atoms with Gasteiger partial charge in [-0.25, -0.2) is 4.79 Å². The summed E-state index contributed by atoms with van der Waals surface area (Å²) in [5.74, 6) is 0. The van der Waals surface area contributed by atoms with Gasteiger partial charge in [0.2, 0.25) is 0 Å². The average molecular weight is 228 g/mol. The van der Waals surface area contributed by atoms with Crippen LogP contribution in [0.2, 0.25) is 0 Å². The Hall–Kier alpha value is -0.770. The number of hydrogen-bond acceptors (Lipinski definition) is 3. The molecule has 1 rings (SSSR count). The minimum Gasteiger partial charge on any atom is -0.444 e. The fourth-order valence-electron chi connectivity index (χ4n) is 2.06. The third-order valence-electron chi connectivity index (χ3n) is 2.89. The normalized spacial score (nSPS) is 23.3. The van der Waals surface area contributed by atoms with Gasteiger partial charge in [-0.05, 0) is 40.0 Å². The highest BCUT2D eigenvalue weighted by Crippen LogP contribution is 2.23. The van der Waals surface area contributed by atoms with Crippen molar-refractivity contribution in [1.29, 1.82) is 0 Å². The molecule has 0 saturated carbocycles. The van der Waals surface area contributed by atoms with Crippen LogP contribution in [0.25, 0.3) is 0 Å². The van der Waals surface area contributed by atoms with E-state index in [4.69, 9.17) is 10.5 Å². The molecule has 0 aromatic heterocycles. The zero-order valence-corrected chi connectivity index (χ0v) is 10.8. The van der Waals surface area contributed by atoms with Gasteiger partial charge in [-0.1, -0.05) is 6.92 Å². The Kier molecular flexibility index (Phi) is 4.19. The van der Waals surface area contributed by atoms with Crippen molar-refractivity contribution in [3.8, 4) is 0 Å². The Morgan fingerprint density at radius 3 is 2.69 bits per heavy atom. The molecule has 2 atom stereocenters. The first-order valence-corrected chi connectivity index (χ1v) is 6.10. The van der Waals surface area contributed by atoms with E-state index in [-0.39, 0.29) is 18.2 Å². The minimum atomic E-state index is -0.430. The van der Waals surface area contributed by atoms with Gasteiger partial charge >= 0.3 is 6.09 Å². The highest BCUT2D eigenvalue weighted by atomic mass is 16.6. The molecular formula is C12H24N2O2. The molecule has 0 aromatic rings. The Bertz CT molecular complexity index is 248. The lowest BCUT2D eigenvalue weighted by atomic mass is 10.0. The van der Waals surface area contributed by atoms with E-state index in [0.29, 0.717) is 0 Å². The van der Waals surface area contributed by atoms with Crippen LogP contribution in [0.4, 0.5) is 4.79 Å². The van der Waals surface area contributed by atoms with E-state index >= 15 is 0 Å². The summed E-state index contributed by atoms with van der Waals surface area (Å²) < 4.78 is 5.38. The molecule has 0 radical (unpaired) electrons. The number of nitrogens with zero attached hydrogens (tertiary/aromatic N) is 1. The summed E-state index contributed by atoms with van der Waals surface area (Å²) in [6.45, 7) is 8.48. The average Bonchev–Trinajstić information content (AvgIpc) is 2.62. The summed E-state index contributed by atoms with van der Waals surface area (Å²) in [5, 5.41) is 0. The summed E-state index contributed by atoms with van der Waals surface area (Å²) in [5.41, 5.74) is 5.59. The van der Waals surface area contributed by atoms with Crippen LogP contribution in [-0.2, 0) is 4.74 Å². The summed E-state index contributed by atoms with van der Waals surface area (Å²) in [6, 6.07) is 0.217. The molecule has 1 aliphatic heterocycles. The van der Waals surface area contributed by atoms with Crippen molar-refractivity contribution in [1.82, 2.24) is 4.90 Å². The molecule has 1 aliphatic rings. The summed E-state index contributed by atoms with van der Waals surface area (Å²) in [4.78, 5) is 13.7. The molecule has 0 bridgehead atoms. The topological polar surface area (TPSA) is 55.6 Å². The zero-order chi connectivity index (χ0) is 12.3. The number of likely N-dealkylation sites (tertiary alicyclic amines) is 1. The van der Waals surface area contributed by atoms with Crippen LogP contribution in [-0.4, -0.2) is 35.2 Å². The first-order valence-electron chi connectivity index (χ1n) is 6.10. The minimum absolute atomic E-state index is 0.0648. The number of nitrogens with two attached hydrogens (primary N) is 1. The molecule has 0 aromatic carbocycles. The number of hydrogen-bond donors (Lipinski definition) is 1.